The zero-order valence-electron chi connectivity index (χ0n) is 7.82. The Morgan fingerprint density at radius 1 is 1.19 bits per heavy atom. The van der Waals surface area contributed by atoms with Gasteiger partial charge in [-0.15, -0.1) is 0 Å². The topological polar surface area (TPSA) is 35.0 Å². The van der Waals surface area contributed by atoms with Gasteiger partial charge in [-0.05, 0) is 12.1 Å². The number of nitrogens with zero attached hydrogens (tertiary/aromatic N) is 2. The number of ether oxygens (including phenoxy) is 1. The highest BCUT2D eigenvalue weighted by atomic mass is 35.5. The molecule has 0 atom stereocenters. The molecule has 0 bridgehead atoms. The van der Waals surface area contributed by atoms with Crippen molar-refractivity contribution in [3.8, 4) is 11.6 Å². The van der Waals surface area contributed by atoms with Crippen LogP contribution in [0.5, 0.6) is 11.6 Å². The van der Waals surface area contributed by atoms with Crippen molar-refractivity contribution in [1.29, 1.82) is 0 Å². The van der Waals surface area contributed by atoms with E-state index in [9.17, 15) is 4.39 Å². The van der Waals surface area contributed by atoms with Crippen LogP contribution in [0, 0.1) is 5.82 Å². The van der Waals surface area contributed by atoms with E-state index in [2.05, 4.69) is 9.97 Å². The summed E-state index contributed by atoms with van der Waals surface area (Å²) in [5.74, 6) is -0.566. The minimum Gasteiger partial charge on any atom is -0.434 e. The number of halogens is 3. The number of aromatic nitrogens is 2. The van der Waals surface area contributed by atoms with Crippen molar-refractivity contribution in [1.82, 2.24) is 9.97 Å². The predicted molar refractivity (Wildman–Crippen MR) is 58.5 cm³/mol. The minimum absolute atomic E-state index is 0.0208. The average Bonchev–Trinajstić information content (AvgIpc) is 2.25. The molecule has 0 N–H and O–H groups in total. The number of benzene rings is 1. The molecule has 82 valence electrons. The lowest BCUT2D eigenvalue weighted by atomic mass is 10.3. The van der Waals surface area contributed by atoms with Crippen molar-refractivity contribution in [2.24, 2.45) is 0 Å². The Morgan fingerprint density at radius 2 is 2.00 bits per heavy atom. The molecule has 0 saturated heterocycles. The lowest BCUT2D eigenvalue weighted by Crippen LogP contribution is -1.92. The first-order chi connectivity index (χ1) is 7.66. The van der Waals surface area contributed by atoms with Gasteiger partial charge in [-0.2, -0.15) is 4.98 Å². The Kier molecular flexibility index (Phi) is 3.22. The van der Waals surface area contributed by atoms with E-state index < -0.39 is 5.82 Å². The van der Waals surface area contributed by atoms with Gasteiger partial charge >= 0.3 is 0 Å². The van der Waals surface area contributed by atoms with Crippen LogP contribution in [0.15, 0.2) is 30.6 Å². The fourth-order valence-electron chi connectivity index (χ4n) is 1.05. The second-order valence-electron chi connectivity index (χ2n) is 2.83. The predicted octanol–water partition coefficient (Wildman–Crippen LogP) is 3.71. The standard InChI is InChI=1S/C10H5Cl2FN2O/c11-6-2-1-3-7(10(6)13)16-9-5-14-4-8(12)15-9/h1-5H. The summed E-state index contributed by atoms with van der Waals surface area (Å²) in [5.41, 5.74) is 0. The molecule has 0 radical (unpaired) electrons. The van der Waals surface area contributed by atoms with E-state index in [1.54, 1.807) is 6.07 Å². The smallest absolute Gasteiger partial charge is 0.239 e. The van der Waals surface area contributed by atoms with Gasteiger partial charge in [0.05, 0.1) is 17.4 Å². The van der Waals surface area contributed by atoms with E-state index in [0.717, 1.165) is 0 Å². The van der Waals surface area contributed by atoms with Crippen molar-refractivity contribution in [3.63, 3.8) is 0 Å². The van der Waals surface area contributed by atoms with Gasteiger partial charge in [-0.25, -0.2) is 4.39 Å². The molecule has 0 aliphatic heterocycles. The molecule has 0 aliphatic rings. The van der Waals surface area contributed by atoms with Gasteiger partial charge < -0.3 is 4.74 Å². The van der Waals surface area contributed by atoms with Crippen LogP contribution in [0.2, 0.25) is 10.2 Å². The molecule has 6 heteroatoms. The van der Waals surface area contributed by atoms with Crippen LogP contribution in [0.4, 0.5) is 4.39 Å². The maximum Gasteiger partial charge on any atom is 0.239 e. The van der Waals surface area contributed by atoms with E-state index in [1.165, 1.54) is 24.5 Å². The van der Waals surface area contributed by atoms with Gasteiger partial charge in [0.2, 0.25) is 5.88 Å². The molecule has 16 heavy (non-hydrogen) atoms. The van der Waals surface area contributed by atoms with Crippen molar-refractivity contribution >= 4 is 23.2 Å². The van der Waals surface area contributed by atoms with Crippen molar-refractivity contribution < 1.29 is 9.13 Å². The maximum atomic E-state index is 13.4. The Balaban J connectivity index is 2.31. The molecule has 0 spiro atoms. The fraction of sp³-hybridized carbons (Fsp3) is 0. The molecule has 1 aromatic carbocycles. The SMILES string of the molecule is Fc1c(Cl)cccc1Oc1cncc(Cl)n1. The van der Waals surface area contributed by atoms with E-state index >= 15 is 0 Å². The summed E-state index contributed by atoms with van der Waals surface area (Å²) in [7, 11) is 0. The highest BCUT2D eigenvalue weighted by Crippen LogP contribution is 2.27. The first kappa shape index (κ1) is 11.1. The third-order valence-corrected chi connectivity index (χ3v) is 2.19. The second-order valence-corrected chi connectivity index (χ2v) is 3.63. The lowest BCUT2D eigenvalue weighted by molar-refractivity contribution is 0.425. The molecule has 2 aromatic rings. The number of hydrogen-bond acceptors (Lipinski definition) is 3. The molecule has 2 rings (SSSR count). The molecule has 0 saturated carbocycles. The average molecular weight is 259 g/mol. The van der Waals surface area contributed by atoms with Gasteiger partial charge in [0.15, 0.2) is 16.7 Å². The highest BCUT2D eigenvalue weighted by Gasteiger charge is 2.09. The molecule has 0 fully saturated rings. The first-order valence-corrected chi connectivity index (χ1v) is 5.02. The summed E-state index contributed by atoms with van der Waals surface area (Å²) in [6, 6.07) is 4.43. The molecule has 0 unspecified atom stereocenters. The van der Waals surface area contributed by atoms with Crippen LogP contribution < -0.4 is 4.74 Å². The molecular formula is C10H5Cl2FN2O. The van der Waals surface area contributed by atoms with Crippen LogP contribution in [0.1, 0.15) is 0 Å². The number of rotatable bonds is 2. The largest absolute Gasteiger partial charge is 0.434 e. The summed E-state index contributed by atoms with van der Waals surface area (Å²) < 4.78 is 18.6. The third-order valence-electron chi connectivity index (χ3n) is 1.71. The van der Waals surface area contributed by atoms with E-state index in [4.69, 9.17) is 27.9 Å². The minimum atomic E-state index is -0.647. The summed E-state index contributed by atoms with van der Waals surface area (Å²) in [6.07, 6.45) is 2.68. The lowest BCUT2D eigenvalue weighted by Gasteiger charge is -2.05. The zero-order valence-corrected chi connectivity index (χ0v) is 9.34. The van der Waals surface area contributed by atoms with Gasteiger partial charge in [0, 0.05) is 0 Å². The Morgan fingerprint density at radius 3 is 2.75 bits per heavy atom. The molecule has 1 aromatic heterocycles. The highest BCUT2D eigenvalue weighted by molar-refractivity contribution is 6.30. The monoisotopic (exact) mass is 258 g/mol. The molecule has 0 aliphatic carbocycles. The quantitative estimate of drug-likeness (QED) is 0.824. The van der Waals surface area contributed by atoms with Crippen LogP contribution >= 0.6 is 23.2 Å². The summed E-state index contributed by atoms with van der Waals surface area (Å²) in [6.45, 7) is 0. The molecule has 1 heterocycles. The van der Waals surface area contributed by atoms with Gasteiger partial charge in [-0.3, -0.25) is 4.98 Å². The molecule has 0 amide bonds. The third kappa shape index (κ3) is 2.40. The van der Waals surface area contributed by atoms with Crippen LogP contribution in [-0.2, 0) is 0 Å². The van der Waals surface area contributed by atoms with Crippen molar-refractivity contribution in [2.45, 2.75) is 0 Å². The van der Waals surface area contributed by atoms with E-state index in [0.29, 0.717) is 0 Å². The van der Waals surface area contributed by atoms with E-state index in [-0.39, 0.29) is 21.8 Å². The van der Waals surface area contributed by atoms with Crippen LogP contribution in [0.3, 0.4) is 0 Å². The Hall–Kier alpha value is -1.39. The molecular weight excluding hydrogens is 254 g/mol. The first-order valence-electron chi connectivity index (χ1n) is 4.26. The van der Waals surface area contributed by atoms with Crippen LogP contribution in [0.25, 0.3) is 0 Å². The summed E-state index contributed by atoms with van der Waals surface area (Å²) >= 11 is 11.2. The Bertz CT molecular complexity index is 522. The maximum absolute atomic E-state index is 13.4. The van der Waals surface area contributed by atoms with Gasteiger partial charge in [0.1, 0.15) is 0 Å². The normalized spacial score (nSPS) is 10.2. The zero-order chi connectivity index (χ0) is 11.5. The summed E-state index contributed by atoms with van der Waals surface area (Å²) in [4.78, 5) is 7.57. The summed E-state index contributed by atoms with van der Waals surface area (Å²) in [5, 5.41) is 0.146. The molecule has 3 nitrogen and oxygen atoms in total. The van der Waals surface area contributed by atoms with Crippen LogP contribution in [-0.4, -0.2) is 9.97 Å². The fourth-order valence-corrected chi connectivity index (χ4v) is 1.36. The Labute approximate surface area is 101 Å². The van der Waals surface area contributed by atoms with E-state index in [1.807, 2.05) is 0 Å². The van der Waals surface area contributed by atoms with Crippen molar-refractivity contribution in [2.75, 3.05) is 0 Å². The van der Waals surface area contributed by atoms with Gasteiger partial charge in [0.25, 0.3) is 0 Å². The second kappa shape index (κ2) is 4.63. The van der Waals surface area contributed by atoms with Crippen molar-refractivity contribution in [3.05, 3.63) is 46.6 Å². The number of hydrogen-bond donors (Lipinski definition) is 0. The van der Waals surface area contributed by atoms with Gasteiger partial charge in [-0.1, -0.05) is 29.3 Å².